The molecule has 2 aromatic rings. The first-order valence-electron chi connectivity index (χ1n) is 10.0. The fraction of sp³-hybridized carbons (Fsp3) is 0.524. The number of carbonyl (C=O) groups excluding carboxylic acids is 1. The third kappa shape index (κ3) is 5.00. The van der Waals surface area contributed by atoms with Crippen LogP contribution >= 0.6 is 27.3 Å². The van der Waals surface area contributed by atoms with Gasteiger partial charge in [0, 0.05) is 60.7 Å². The number of piperidine rings is 1. The van der Waals surface area contributed by atoms with Gasteiger partial charge in [0.2, 0.25) is 5.91 Å². The Balaban J connectivity index is 1.22. The van der Waals surface area contributed by atoms with E-state index in [0.717, 1.165) is 65.2 Å². The van der Waals surface area contributed by atoms with Crippen molar-refractivity contribution in [1.29, 1.82) is 0 Å². The van der Waals surface area contributed by atoms with Crippen molar-refractivity contribution in [3.63, 3.8) is 0 Å². The molecule has 2 fully saturated rings. The van der Waals surface area contributed by atoms with Crippen molar-refractivity contribution in [2.75, 3.05) is 39.3 Å². The molecule has 1 amide bonds. The third-order valence-corrected chi connectivity index (χ3v) is 7.37. The Hall–Kier alpha value is -1.28. The molecule has 28 heavy (non-hydrogen) atoms. The highest BCUT2D eigenvalue weighted by molar-refractivity contribution is 9.10. The van der Waals surface area contributed by atoms with Gasteiger partial charge in [-0.05, 0) is 37.6 Å². The van der Waals surface area contributed by atoms with Crippen molar-refractivity contribution in [1.82, 2.24) is 19.7 Å². The van der Waals surface area contributed by atoms with Gasteiger partial charge in [0.25, 0.3) is 0 Å². The predicted molar refractivity (Wildman–Crippen MR) is 116 cm³/mol. The average Bonchev–Trinajstić information content (AvgIpc) is 3.23. The van der Waals surface area contributed by atoms with E-state index in [0.29, 0.717) is 5.91 Å². The lowest BCUT2D eigenvalue weighted by Gasteiger charge is -2.38. The van der Waals surface area contributed by atoms with Crippen LogP contribution < -0.4 is 0 Å². The SMILES string of the molecule is O=C(C1CCN(Cc2cncs2)CC1)N1CCN(Cc2ccccc2Br)CC1. The second-order valence-electron chi connectivity index (χ2n) is 7.71. The van der Waals surface area contributed by atoms with Crippen LogP contribution in [0.25, 0.3) is 0 Å². The molecule has 2 saturated heterocycles. The van der Waals surface area contributed by atoms with Gasteiger partial charge in [0.05, 0.1) is 5.51 Å². The van der Waals surface area contributed by atoms with Gasteiger partial charge in [-0.3, -0.25) is 19.6 Å². The van der Waals surface area contributed by atoms with Crippen LogP contribution in [0.4, 0.5) is 0 Å². The molecule has 0 N–H and O–H groups in total. The topological polar surface area (TPSA) is 39.7 Å². The van der Waals surface area contributed by atoms with E-state index in [1.807, 2.05) is 17.8 Å². The van der Waals surface area contributed by atoms with Crippen LogP contribution in [-0.4, -0.2) is 64.9 Å². The zero-order valence-electron chi connectivity index (χ0n) is 16.1. The van der Waals surface area contributed by atoms with E-state index in [4.69, 9.17) is 0 Å². The Morgan fingerprint density at radius 2 is 1.75 bits per heavy atom. The molecule has 0 saturated carbocycles. The summed E-state index contributed by atoms with van der Waals surface area (Å²) in [4.78, 5) is 25.4. The van der Waals surface area contributed by atoms with Crippen LogP contribution in [-0.2, 0) is 17.9 Å². The number of hydrogen-bond acceptors (Lipinski definition) is 5. The molecule has 1 aromatic heterocycles. The molecule has 1 aromatic carbocycles. The highest BCUT2D eigenvalue weighted by Gasteiger charge is 2.30. The number of benzene rings is 1. The first-order chi connectivity index (χ1) is 13.7. The Morgan fingerprint density at radius 1 is 1.04 bits per heavy atom. The Morgan fingerprint density at radius 3 is 2.43 bits per heavy atom. The van der Waals surface area contributed by atoms with Crippen molar-refractivity contribution < 1.29 is 4.79 Å². The van der Waals surface area contributed by atoms with Crippen LogP contribution in [0.15, 0.2) is 40.4 Å². The minimum Gasteiger partial charge on any atom is -0.340 e. The van der Waals surface area contributed by atoms with Crippen LogP contribution in [0.3, 0.4) is 0 Å². The Labute approximate surface area is 179 Å². The van der Waals surface area contributed by atoms with Gasteiger partial charge in [-0.25, -0.2) is 0 Å². The van der Waals surface area contributed by atoms with Crippen molar-refractivity contribution in [2.24, 2.45) is 5.92 Å². The van der Waals surface area contributed by atoms with E-state index in [1.165, 1.54) is 14.9 Å². The van der Waals surface area contributed by atoms with E-state index < -0.39 is 0 Å². The molecule has 7 heteroatoms. The first kappa shape index (κ1) is 20.0. The monoisotopic (exact) mass is 462 g/mol. The lowest BCUT2D eigenvalue weighted by Crippen LogP contribution is -2.51. The number of hydrogen-bond donors (Lipinski definition) is 0. The normalized spacial score (nSPS) is 19.8. The smallest absolute Gasteiger partial charge is 0.225 e. The number of aromatic nitrogens is 1. The summed E-state index contributed by atoms with van der Waals surface area (Å²) in [6, 6.07) is 8.39. The number of likely N-dealkylation sites (tertiary alicyclic amines) is 1. The number of amides is 1. The van der Waals surface area contributed by atoms with Crippen molar-refractivity contribution >= 4 is 33.2 Å². The molecule has 2 aliphatic heterocycles. The summed E-state index contributed by atoms with van der Waals surface area (Å²) in [6.45, 7) is 7.55. The summed E-state index contributed by atoms with van der Waals surface area (Å²) in [5.41, 5.74) is 3.21. The van der Waals surface area contributed by atoms with Crippen molar-refractivity contribution in [3.05, 3.63) is 50.9 Å². The number of piperazine rings is 1. The molecule has 0 atom stereocenters. The van der Waals surface area contributed by atoms with Gasteiger partial charge in [-0.2, -0.15) is 0 Å². The van der Waals surface area contributed by atoms with E-state index >= 15 is 0 Å². The fourth-order valence-corrected chi connectivity index (χ4v) is 5.18. The Bertz CT molecular complexity index is 768. The molecule has 0 radical (unpaired) electrons. The summed E-state index contributed by atoms with van der Waals surface area (Å²) < 4.78 is 1.17. The molecular formula is C21H27BrN4OS. The minimum atomic E-state index is 0.201. The van der Waals surface area contributed by atoms with Gasteiger partial charge < -0.3 is 4.90 Å². The van der Waals surface area contributed by atoms with Crippen molar-refractivity contribution in [3.8, 4) is 0 Å². The summed E-state index contributed by atoms with van der Waals surface area (Å²) >= 11 is 5.35. The van der Waals surface area contributed by atoms with E-state index in [1.54, 1.807) is 11.3 Å². The predicted octanol–water partition coefficient (Wildman–Crippen LogP) is 3.46. The molecule has 3 heterocycles. The van der Waals surface area contributed by atoms with Gasteiger partial charge in [-0.1, -0.05) is 34.1 Å². The minimum absolute atomic E-state index is 0.201. The molecule has 2 aliphatic rings. The number of halogens is 1. The summed E-state index contributed by atoms with van der Waals surface area (Å²) in [6.07, 6.45) is 3.92. The second kappa shape index (κ2) is 9.48. The second-order valence-corrected chi connectivity index (χ2v) is 9.54. The summed E-state index contributed by atoms with van der Waals surface area (Å²) in [5, 5.41) is 0. The highest BCUT2D eigenvalue weighted by Crippen LogP contribution is 2.23. The number of nitrogens with zero attached hydrogens (tertiary/aromatic N) is 4. The molecular weight excluding hydrogens is 436 g/mol. The first-order valence-corrected chi connectivity index (χ1v) is 11.7. The van der Waals surface area contributed by atoms with Crippen LogP contribution in [0.2, 0.25) is 0 Å². The molecule has 0 aliphatic carbocycles. The molecule has 0 unspecified atom stereocenters. The maximum atomic E-state index is 13.0. The molecule has 0 bridgehead atoms. The molecule has 4 rings (SSSR count). The quantitative estimate of drug-likeness (QED) is 0.681. The Kier molecular flexibility index (Phi) is 6.77. The zero-order valence-corrected chi connectivity index (χ0v) is 18.5. The van der Waals surface area contributed by atoms with Gasteiger partial charge >= 0.3 is 0 Å². The number of rotatable bonds is 5. The maximum absolute atomic E-state index is 13.0. The molecule has 150 valence electrons. The average molecular weight is 463 g/mol. The zero-order chi connectivity index (χ0) is 19.3. The lowest BCUT2D eigenvalue weighted by atomic mass is 9.95. The highest BCUT2D eigenvalue weighted by atomic mass is 79.9. The van der Waals surface area contributed by atoms with Gasteiger partial charge in [-0.15, -0.1) is 11.3 Å². The van der Waals surface area contributed by atoms with E-state index in [-0.39, 0.29) is 5.92 Å². The van der Waals surface area contributed by atoms with Crippen LogP contribution in [0, 0.1) is 5.92 Å². The lowest BCUT2D eigenvalue weighted by molar-refractivity contribution is -0.139. The van der Waals surface area contributed by atoms with E-state index in [9.17, 15) is 4.79 Å². The summed E-state index contributed by atoms with van der Waals surface area (Å²) in [5.74, 6) is 0.575. The fourth-order valence-electron chi connectivity index (χ4n) is 4.13. The van der Waals surface area contributed by atoms with Gasteiger partial charge in [0.15, 0.2) is 0 Å². The molecule has 5 nitrogen and oxygen atoms in total. The van der Waals surface area contributed by atoms with Crippen LogP contribution in [0.1, 0.15) is 23.3 Å². The number of thiazole rings is 1. The van der Waals surface area contributed by atoms with Gasteiger partial charge in [0.1, 0.15) is 0 Å². The van der Waals surface area contributed by atoms with E-state index in [2.05, 4.69) is 53.8 Å². The number of carbonyl (C=O) groups is 1. The van der Waals surface area contributed by atoms with Crippen LogP contribution in [0.5, 0.6) is 0 Å². The third-order valence-electron chi connectivity index (χ3n) is 5.84. The van der Waals surface area contributed by atoms with Crippen molar-refractivity contribution in [2.45, 2.75) is 25.9 Å². The molecule has 0 spiro atoms. The largest absolute Gasteiger partial charge is 0.340 e. The summed E-state index contributed by atoms with van der Waals surface area (Å²) in [7, 11) is 0. The standard InChI is InChI=1S/C21H27BrN4OS/c22-20-4-2-1-3-18(20)14-25-9-11-26(12-10-25)21(27)17-5-7-24(8-6-17)15-19-13-23-16-28-19/h1-4,13,16-17H,5-12,14-15H2. The maximum Gasteiger partial charge on any atom is 0.225 e.